The number of nitrogens with zero attached hydrogens (tertiary/aromatic N) is 1. The molecule has 2 aromatic rings. The maximum absolute atomic E-state index is 12.6. The third kappa shape index (κ3) is 5.16. The molecule has 1 aromatic carbocycles. The number of hydrogen-bond donors (Lipinski definition) is 2. The lowest BCUT2D eigenvalue weighted by Gasteiger charge is -2.25. The molecule has 1 fully saturated rings. The molecule has 0 saturated heterocycles. The van der Waals surface area contributed by atoms with Crippen LogP contribution in [0.1, 0.15) is 54.8 Å². The van der Waals surface area contributed by atoms with Gasteiger partial charge in [-0.25, -0.2) is 9.78 Å². The second kappa shape index (κ2) is 8.80. The summed E-state index contributed by atoms with van der Waals surface area (Å²) in [6, 6.07) is 11.0. The van der Waals surface area contributed by atoms with Crippen molar-refractivity contribution >= 4 is 17.5 Å². The third-order valence-corrected chi connectivity index (χ3v) is 4.95. The first-order valence-electron chi connectivity index (χ1n) is 9.58. The highest BCUT2D eigenvalue weighted by Gasteiger charge is 2.27. The molecular weight excluding hydrogens is 338 g/mol. The molecule has 3 rings (SSSR count). The van der Waals surface area contributed by atoms with E-state index in [0.717, 1.165) is 42.4 Å². The molecule has 2 N–H and O–H groups in total. The van der Waals surface area contributed by atoms with Crippen LogP contribution in [-0.2, 0) is 9.53 Å². The molecule has 1 heterocycles. The molecular formula is C22H27N3O2. The standard InChI is InChI=1S/C22H27N3O2/c1-15-8-10-17(11-9-15)21(25-19-14-16(2)12-13-24-19)20(23)22(26)27-18-6-4-3-5-7-18/h8-14,18,21,23H,3-7H2,1-2H3,(H,24,25). The van der Waals surface area contributed by atoms with Crippen molar-refractivity contribution in [3.63, 3.8) is 0 Å². The number of aryl methyl sites for hydroxylation is 2. The molecule has 0 bridgehead atoms. The Morgan fingerprint density at radius 2 is 1.81 bits per heavy atom. The zero-order chi connectivity index (χ0) is 19.2. The summed E-state index contributed by atoms with van der Waals surface area (Å²) in [5, 5.41) is 11.7. The number of carbonyl (C=O) groups excluding carboxylic acids is 1. The predicted octanol–water partition coefficient (Wildman–Crippen LogP) is 4.75. The minimum atomic E-state index is -0.601. The fourth-order valence-electron chi connectivity index (χ4n) is 3.36. The van der Waals surface area contributed by atoms with E-state index in [4.69, 9.17) is 10.1 Å². The van der Waals surface area contributed by atoms with Crippen molar-refractivity contribution in [3.8, 4) is 0 Å². The highest BCUT2D eigenvalue weighted by molar-refractivity contribution is 6.37. The lowest BCUT2D eigenvalue weighted by molar-refractivity contribution is -0.142. The van der Waals surface area contributed by atoms with Crippen LogP contribution in [-0.4, -0.2) is 22.8 Å². The van der Waals surface area contributed by atoms with Crippen molar-refractivity contribution in [2.45, 2.75) is 58.1 Å². The quantitative estimate of drug-likeness (QED) is 0.572. The minimum Gasteiger partial charge on any atom is -0.458 e. The van der Waals surface area contributed by atoms with Crippen molar-refractivity contribution in [1.82, 2.24) is 4.98 Å². The van der Waals surface area contributed by atoms with E-state index in [2.05, 4.69) is 10.3 Å². The van der Waals surface area contributed by atoms with Crippen molar-refractivity contribution < 1.29 is 9.53 Å². The topological polar surface area (TPSA) is 75.1 Å². The summed E-state index contributed by atoms with van der Waals surface area (Å²) in [7, 11) is 0. The molecule has 1 aliphatic carbocycles. The SMILES string of the molecule is Cc1ccc(C(Nc2cc(C)ccn2)C(=N)C(=O)OC2CCCCC2)cc1. The summed E-state index contributed by atoms with van der Waals surface area (Å²) in [5.41, 5.74) is 2.94. The van der Waals surface area contributed by atoms with E-state index in [1.165, 1.54) is 6.42 Å². The Labute approximate surface area is 160 Å². The number of pyridine rings is 1. The number of rotatable bonds is 6. The Balaban J connectivity index is 1.80. The second-order valence-electron chi connectivity index (χ2n) is 7.29. The summed E-state index contributed by atoms with van der Waals surface area (Å²) in [5.74, 6) is 0.0865. The summed E-state index contributed by atoms with van der Waals surface area (Å²) >= 11 is 0. The molecule has 142 valence electrons. The second-order valence-corrected chi connectivity index (χ2v) is 7.29. The average molecular weight is 365 g/mol. The zero-order valence-electron chi connectivity index (χ0n) is 16.0. The number of benzene rings is 1. The van der Waals surface area contributed by atoms with E-state index in [0.29, 0.717) is 5.82 Å². The Morgan fingerprint density at radius 3 is 2.48 bits per heavy atom. The largest absolute Gasteiger partial charge is 0.458 e. The van der Waals surface area contributed by atoms with Gasteiger partial charge in [-0.2, -0.15) is 0 Å². The van der Waals surface area contributed by atoms with Gasteiger partial charge < -0.3 is 10.1 Å². The monoisotopic (exact) mass is 365 g/mol. The molecule has 27 heavy (non-hydrogen) atoms. The number of hydrogen-bond acceptors (Lipinski definition) is 5. The number of carbonyl (C=O) groups is 1. The first-order valence-corrected chi connectivity index (χ1v) is 9.58. The van der Waals surface area contributed by atoms with E-state index in [1.807, 2.05) is 50.2 Å². The van der Waals surface area contributed by atoms with Gasteiger partial charge in [-0.1, -0.05) is 36.2 Å². The first kappa shape index (κ1) is 19.1. The van der Waals surface area contributed by atoms with E-state index in [-0.39, 0.29) is 11.8 Å². The van der Waals surface area contributed by atoms with Crippen molar-refractivity contribution in [2.75, 3.05) is 5.32 Å². The van der Waals surface area contributed by atoms with Gasteiger partial charge in [0.25, 0.3) is 0 Å². The first-order chi connectivity index (χ1) is 13.0. The van der Waals surface area contributed by atoms with Gasteiger partial charge in [-0.3, -0.25) is 5.41 Å². The highest BCUT2D eigenvalue weighted by Crippen LogP contribution is 2.24. The van der Waals surface area contributed by atoms with Gasteiger partial charge in [-0.05, 0) is 62.8 Å². The number of aromatic nitrogens is 1. The van der Waals surface area contributed by atoms with Gasteiger partial charge in [0.2, 0.25) is 0 Å². The van der Waals surface area contributed by atoms with Crippen molar-refractivity contribution in [2.24, 2.45) is 0 Å². The van der Waals surface area contributed by atoms with E-state index in [9.17, 15) is 4.79 Å². The van der Waals surface area contributed by atoms with Gasteiger partial charge >= 0.3 is 5.97 Å². The van der Waals surface area contributed by atoms with Gasteiger partial charge in [0.15, 0.2) is 0 Å². The Bertz CT molecular complexity index is 795. The highest BCUT2D eigenvalue weighted by atomic mass is 16.5. The molecule has 1 aliphatic rings. The Hall–Kier alpha value is -2.69. The lowest BCUT2D eigenvalue weighted by atomic mass is 9.97. The molecule has 0 radical (unpaired) electrons. The predicted molar refractivity (Wildman–Crippen MR) is 107 cm³/mol. The maximum atomic E-state index is 12.6. The Kier molecular flexibility index (Phi) is 6.22. The number of nitrogens with one attached hydrogen (secondary N) is 2. The molecule has 0 amide bonds. The van der Waals surface area contributed by atoms with Crippen LogP contribution in [0.3, 0.4) is 0 Å². The molecule has 1 atom stereocenters. The fourth-order valence-corrected chi connectivity index (χ4v) is 3.36. The summed E-state index contributed by atoms with van der Waals surface area (Å²) < 4.78 is 5.62. The van der Waals surface area contributed by atoms with E-state index >= 15 is 0 Å². The van der Waals surface area contributed by atoms with Crippen LogP contribution in [0.4, 0.5) is 5.82 Å². The average Bonchev–Trinajstić information content (AvgIpc) is 2.67. The zero-order valence-corrected chi connectivity index (χ0v) is 16.0. The third-order valence-electron chi connectivity index (χ3n) is 4.95. The minimum absolute atomic E-state index is 0.0673. The van der Waals surface area contributed by atoms with Gasteiger partial charge in [-0.15, -0.1) is 0 Å². The lowest BCUT2D eigenvalue weighted by Crippen LogP contribution is -2.32. The van der Waals surface area contributed by atoms with Crippen LogP contribution in [0, 0.1) is 19.3 Å². The van der Waals surface area contributed by atoms with Crippen LogP contribution in [0.5, 0.6) is 0 Å². The maximum Gasteiger partial charge on any atom is 0.354 e. The molecule has 1 aromatic heterocycles. The van der Waals surface area contributed by atoms with Crippen molar-refractivity contribution in [3.05, 3.63) is 59.3 Å². The molecule has 5 nitrogen and oxygen atoms in total. The fraction of sp³-hybridized carbons (Fsp3) is 0.409. The van der Waals surface area contributed by atoms with Crippen molar-refractivity contribution in [1.29, 1.82) is 5.41 Å². The Morgan fingerprint density at radius 1 is 1.11 bits per heavy atom. The van der Waals surface area contributed by atoms with Crippen LogP contribution < -0.4 is 5.32 Å². The normalized spacial score (nSPS) is 15.8. The van der Waals surface area contributed by atoms with Gasteiger partial charge in [0.05, 0.1) is 0 Å². The summed E-state index contributed by atoms with van der Waals surface area (Å²) in [6.45, 7) is 3.99. The molecule has 5 heteroatoms. The molecule has 0 spiro atoms. The molecule has 1 unspecified atom stereocenters. The number of ether oxygens (including phenoxy) is 1. The van der Waals surface area contributed by atoms with E-state index in [1.54, 1.807) is 6.20 Å². The molecule has 1 saturated carbocycles. The van der Waals surface area contributed by atoms with E-state index < -0.39 is 12.0 Å². The van der Waals surface area contributed by atoms with Crippen LogP contribution in [0.2, 0.25) is 0 Å². The van der Waals surface area contributed by atoms with Crippen LogP contribution in [0.25, 0.3) is 0 Å². The summed E-state index contributed by atoms with van der Waals surface area (Å²) in [4.78, 5) is 17.0. The van der Waals surface area contributed by atoms with Crippen LogP contribution in [0.15, 0.2) is 42.6 Å². The van der Waals surface area contributed by atoms with Gasteiger partial charge in [0, 0.05) is 6.20 Å². The van der Waals surface area contributed by atoms with Crippen LogP contribution >= 0.6 is 0 Å². The smallest absolute Gasteiger partial charge is 0.354 e. The summed E-state index contributed by atoms with van der Waals surface area (Å²) in [6.07, 6.45) is 6.78. The van der Waals surface area contributed by atoms with Gasteiger partial charge in [0.1, 0.15) is 23.7 Å². The molecule has 0 aliphatic heterocycles. The number of anilines is 1. The number of esters is 1.